The molecule has 2 amide bonds. The zero-order chi connectivity index (χ0) is 25.2. The van der Waals surface area contributed by atoms with Crippen molar-refractivity contribution >= 4 is 11.8 Å². The van der Waals surface area contributed by atoms with Gasteiger partial charge in [-0.25, -0.2) is 0 Å². The molecule has 0 saturated carbocycles. The average molecular weight is 478 g/mol. The number of benzene rings is 2. The highest BCUT2D eigenvalue weighted by Crippen LogP contribution is 2.25. The molecule has 0 aliphatic carbocycles. The highest BCUT2D eigenvalue weighted by Gasteiger charge is 2.23. The van der Waals surface area contributed by atoms with Crippen LogP contribution in [0.2, 0.25) is 0 Å². The number of nitrogens with one attached hydrogen (secondary N) is 1. The maximum Gasteiger partial charge on any atom is 0.267 e. The molecule has 186 valence electrons. The van der Waals surface area contributed by atoms with E-state index in [1.165, 1.54) is 0 Å². The Kier molecular flexibility index (Phi) is 9.35. The van der Waals surface area contributed by atoms with Gasteiger partial charge >= 0.3 is 0 Å². The van der Waals surface area contributed by atoms with Gasteiger partial charge in [-0.2, -0.15) is 0 Å². The molecule has 7 nitrogen and oxygen atoms in total. The van der Waals surface area contributed by atoms with Gasteiger partial charge < -0.3 is 24.3 Å². The van der Waals surface area contributed by atoms with Gasteiger partial charge in [0, 0.05) is 44.5 Å². The second kappa shape index (κ2) is 12.6. The summed E-state index contributed by atoms with van der Waals surface area (Å²) < 4.78 is 13.1. The fourth-order valence-corrected chi connectivity index (χ4v) is 4.02. The molecule has 1 N–H and O–H groups in total. The van der Waals surface area contributed by atoms with Gasteiger partial charge in [0.1, 0.15) is 17.2 Å². The van der Waals surface area contributed by atoms with Crippen molar-refractivity contribution in [2.24, 2.45) is 7.05 Å². The number of hydrogen-bond donors (Lipinski definition) is 1. The minimum atomic E-state index is -0.129. The van der Waals surface area contributed by atoms with E-state index in [9.17, 15) is 9.59 Å². The molecule has 1 atom stereocenters. The number of carbonyl (C=O) groups excluding carboxylic acids is 2. The fourth-order valence-electron chi connectivity index (χ4n) is 4.02. The predicted octanol–water partition coefficient (Wildman–Crippen LogP) is 4.33. The van der Waals surface area contributed by atoms with Crippen LogP contribution in [0.4, 0.5) is 0 Å². The predicted molar refractivity (Wildman–Crippen MR) is 137 cm³/mol. The van der Waals surface area contributed by atoms with Crippen LogP contribution in [0.3, 0.4) is 0 Å². The van der Waals surface area contributed by atoms with Crippen LogP contribution in [-0.4, -0.2) is 54.1 Å². The summed E-state index contributed by atoms with van der Waals surface area (Å²) >= 11 is 0. The third kappa shape index (κ3) is 7.12. The van der Waals surface area contributed by atoms with Crippen LogP contribution in [0.1, 0.15) is 46.7 Å². The van der Waals surface area contributed by atoms with Crippen LogP contribution >= 0.6 is 0 Å². The molecular weight excluding hydrogens is 442 g/mol. The minimum absolute atomic E-state index is 0.120. The number of aryl methyl sites for hydroxylation is 1. The first-order valence-corrected chi connectivity index (χ1v) is 12.0. The number of likely N-dealkylation sites (N-methyl/N-ethyl adjacent to an activating group) is 1. The van der Waals surface area contributed by atoms with E-state index in [-0.39, 0.29) is 17.9 Å². The van der Waals surface area contributed by atoms with Crippen molar-refractivity contribution in [3.8, 4) is 11.5 Å². The van der Waals surface area contributed by atoms with Crippen LogP contribution in [0.15, 0.2) is 66.9 Å². The largest absolute Gasteiger partial charge is 0.494 e. The number of amides is 2. The first-order valence-electron chi connectivity index (χ1n) is 12.0. The Morgan fingerprint density at radius 1 is 0.971 bits per heavy atom. The molecule has 0 radical (unpaired) electrons. The lowest BCUT2D eigenvalue weighted by molar-refractivity contribution is 0.0721. The van der Waals surface area contributed by atoms with Gasteiger partial charge in [0.2, 0.25) is 0 Å². The number of aromatic nitrogens is 1. The lowest BCUT2D eigenvalue weighted by atomic mass is 10.0. The normalized spacial score (nSPS) is 11.5. The van der Waals surface area contributed by atoms with Crippen molar-refractivity contribution in [3.05, 3.63) is 83.7 Å². The van der Waals surface area contributed by atoms with E-state index >= 15 is 0 Å². The van der Waals surface area contributed by atoms with E-state index < -0.39 is 0 Å². The summed E-state index contributed by atoms with van der Waals surface area (Å²) in [5.74, 6) is 0.951. The zero-order valence-corrected chi connectivity index (χ0v) is 21.0. The molecule has 3 aromatic rings. The standard InChI is InChI=1S/C28H35N3O4/c1-5-34-24-18-22(19-25(20-24)35-6-2)28(33)31(4)23(17-21-11-8-7-9-12-21)14-15-29-27(32)26-13-10-16-30(26)3/h7-13,16,18-20,23H,5-6,14-15,17H2,1-4H3,(H,29,32). The van der Waals surface area contributed by atoms with E-state index in [2.05, 4.69) is 17.4 Å². The molecule has 0 bridgehead atoms. The Morgan fingerprint density at radius 2 is 1.63 bits per heavy atom. The molecule has 0 saturated heterocycles. The first kappa shape index (κ1) is 25.9. The van der Waals surface area contributed by atoms with Gasteiger partial charge in [-0.05, 0) is 56.5 Å². The summed E-state index contributed by atoms with van der Waals surface area (Å²) in [4.78, 5) is 27.8. The zero-order valence-electron chi connectivity index (χ0n) is 21.0. The fraction of sp³-hybridized carbons (Fsp3) is 0.357. The molecule has 0 aliphatic heterocycles. The average Bonchev–Trinajstić information content (AvgIpc) is 3.29. The monoisotopic (exact) mass is 477 g/mol. The number of ether oxygens (including phenoxy) is 2. The second-order valence-corrected chi connectivity index (χ2v) is 8.37. The molecule has 3 rings (SSSR count). The molecule has 0 aliphatic rings. The number of rotatable bonds is 12. The summed E-state index contributed by atoms with van der Waals surface area (Å²) in [5, 5.41) is 2.99. The molecule has 1 heterocycles. The number of nitrogens with zero attached hydrogens (tertiary/aromatic N) is 2. The van der Waals surface area contributed by atoms with Crippen molar-refractivity contribution in [1.82, 2.24) is 14.8 Å². The van der Waals surface area contributed by atoms with Gasteiger partial charge in [-0.1, -0.05) is 30.3 Å². The van der Waals surface area contributed by atoms with E-state index in [4.69, 9.17) is 9.47 Å². The Morgan fingerprint density at radius 3 is 2.20 bits per heavy atom. The minimum Gasteiger partial charge on any atom is -0.494 e. The summed E-state index contributed by atoms with van der Waals surface area (Å²) in [6, 6.07) is 18.9. The highest BCUT2D eigenvalue weighted by molar-refractivity contribution is 5.95. The summed E-state index contributed by atoms with van der Waals surface area (Å²) in [6.45, 7) is 5.25. The van der Waals surface area contributed by atoms with Crippen LogP contribution in [-0.2, 0) is 13.5 Å². The summed E-state index contributed by atoms with van der Waals surface area (Å²) in [6.07, 6.45) is 3.12. The van der Waals surface area contributed by atoms with Crippen LogP contribution in [0.25, 0.3) is 0 Å². The Balaban J connectivity index is 1.77. The maximum absolute atomic E-state index is 13.5. The Labute approximate surface area is 207 Å². The SMILES string of the molecule is CCOc1cc(OCC)cc(C(=O)N(C)C(CCNC(=O)c2cccn2C)Cc2ccccc2)c1. The highest BCUT2D eigenvalue weighted by atomic mass is 16.5. The van der Waals surface area contributed by atoms with Crippen molar-refractivity contribution in [2.45, 2.75) is 32.7 Å². The van der Waals surface area contributed by atoms with Crippen molar-refractivity contribution < 1.29 is 19.1 Å². The van der Waals surface area contributed by atoms with Gasteiger partial charge in [0.25, 0.3) is 11.8 Å². The van der Waals surface area contributed by atoms with Gasteiger partial charge in [0.05, 0.1) is 13.2 Å². The van der Waals surface area contributed by atoms with Gasteiger partial charge in [-0.15, -0.1) is 0 Å². The lowest BCUT2D eigenvalue weighted by Crippen LogP contribution is -2.41. The van der Waals surface area contributed by atoms with Gasteiger partial charge in [-0.3, -0.25) is 9.59 Å². The molecule has 1 aromatic heterocycles. The summed E-state index contributed by atoms with van der Waals surface area (Å²) in [5.41, 5.74) is 2.24. The molecule has 35 heavy (non-hydrogen) atoms. The topological polar surface area (TPSA) is 72.8 Å². The number of hydrogen-bond acceptors (Lipinski definition) is 4. The van der Waals surface area contributed by atoms with Crippen molar-refractivity contribution in [3.63, 3.8) is 0 Å². The van der Waals surface area contributed by atoms with E-state index in [1.807, 2.05) is 58.4 Å². The Hall–Kier alpha value is -3.74. The van der Waals surface area contributed by atoms with Crippen molar-refractivity contribution in [2.75, 3.05) is 26.8 Å². The van der Waals surface area contributed by atoms with E-state index in [0.717, 1.165) is 5.56 Å². The molecule has 7 heteroatoms. The van der Waals surface area contributed by atoms with E-state index in [0.29, 0.717) is 55.4 Å². The van der Waals surface area contributed by atoms with E-state index in [1.54, 1.807) is 33.7 Å². The Bertz CT molecular complexity index is 1090. The van der Waals surface area contributed by atoms with Crippen LogP contribution in [0, 0.1) is 0 Å². The smallest absolute Gasteiger partial charge is 0.267 e. The molecule has 0 spiro atoms. The third-order valence-electron chi connectivity index (χ3n) is 5.87. The molecule has 0 fully saturated rings. The number of carbonyl (C=O) groups is 2. The van der Waals surface area contributed by atoms with Crippen LogP contribution in [0.5, 0.6) is 11.5 Å². The first-order chi connectivity index (χ1) is 16.9. The van der Waals surface area contributed by atoms with Crippen molar-refractivity contribution in [1.29, 1.82) is 0 Å². The van der Waals surface area contributed by atoms with Gasteiger partial charge in [0.15, 0.2) is 0 Å². The third-order valence-corrected chi connectivity index (χ3v) is 5.87. The maximum atomic E-state index is 13.5. The quantitative estimate of drug-likeness (QED) is 0.422. The summed E-state index contributed by atoms with van der Waals surface area (Å²) in [7, 11) is 3.65. The second-order valence-electron chi connectivity index (χ2n) is 8.37. The molecular formula is C28H35N3O4. The lowest BCUT2D eigenvalue weighted by Gasteiger charge is -2.29. The molecule has 2 aromatic carbocycles. The van der Waals surface area contributed by atoms with Crippen LogP contribution < -0.4 is 14.8 Å². The molecule has 1 unspecified atom stereocenters.